The Balaban J connectivity index is 2.49. The van der Waals surface area contributed by atoms with Crippen LogP contribution in [0.3, 0.4) is 0 Å². The lowest BCUT2D eigenvalue weighted by Crippen LogP contribution is -2.25. The first-order valence-electron chi connectivity index (χ1n) is 5.29. The van der Waals surface area contributed by atoms with Crippen LogP contribution in [0.15, 0.2) is 22.7 Å². The van der Waals surface area contributed by atoms with E-state index in [0.29, 0.717) is 13.2 Å². The van der Waals surface area contributed by atoms with E-state index in [0.717, 1.165) is 16.6 Å². The lowest BCUT2D eigenvalue weighted by Gasteiger charge is -2.14. The second-order valence-electron chi connectivity index (χ2n) is 3.74. The molecule has 0 amide bonds. The predicted molar refractivity (Wildman–Crippen MR) is 68.6 cm³/mol. The third-order valence-corrected chi connectivity index (χ3v) is 3.02. The van der Waals surface area contributed by atoms with Gasteiger partial charge in [-0.3, -0.25) is 0 Å². The molecule has 1 unspecified atom stereocenters. The van der Waals surface area contributed by atoms with E-state index in [-0.39, 0.29) is 0 Å². The number of rotatable bonds is 6. The Morgan fingerprint density at radius 3 is 2.88 bits per heavy atom. The highest BCUT2D eigenvalue weighted by Gasteiger charge is 2.10. The molecule has 0 spiro atoms. The maximum atomic E-state index is 9.96. The Morgan fingerprint density at radius 1 is 1.50 bits per heavy atom. The van der Waals surface area contributed by atoms with Crippen LogP contribution in [0.25, 0.3) is 0 Å². The van der Waals surface area contributed by atoms with Crippen molar-refractivity contribution in [3.63, 3.8) is 0 Å². The molecule has 0 fully saturated rings. The molecule has 0 saturated carbocycles. The highest BCUT2D eigenvalue weighted by atomic mass is 79.9. The lowest BCUT2D eigenvalue weighted by molar-refractivity contribution is 0.161. The van der Waals surface area contributed by atoms with Crippen molar-refractivity contribution in [3.05, 3.63) is 33.8 Å². The summed E-state index contributed by atoms with van der Waals surface area (Å²) < 4.78 is 5.87. The second kappa shape index (κ2) is 7.01. The summed E-state index contributed by atoms with van der Waals surface area (Å²) >= 11 is 3.46. The molecule has 3 nitrogen and oxygen atoms in total. The van der Waals surface area contributed by atoms with Gasteiger partial charge in [-0.05, 0) is 24.1 Å². The summed E-state index contributed by atoms with van der Waals surface area (Å²) in [5.74, 6) is 0. The van der Waals surface area contributed by atoms with Gasteiger partial charge in [-0.1, -0.05) is 28.1 Å². The lowest BCUT2D eigenvalue weighted by atomic mass is 10.1. The summed E-state index contributed by atoms with van der Waals surface area (Å²) in [6, 6.07) is 5.95. The molecule has 2 N–H and O–H groups in total. The van der Waals surface area contributed by atoms with E-state index in [1.165, 1.54) is 5.56 Å². The average molecular weight is 288 g/mol. The molecule has 0 radical (unpaired) electrons. The molecule has 0 aliphatic heterocycles. The molecule has 4 heteroatoms. The summed E-state index contributed by atoms with van der Waals surface area (Å²) in [5.41, 5.74) is 2.09. The molecule has 0 heterocycles. The van der Waals surface area contributed by atoms with Gasteiger partial charge in [0.2, 0.25) is 0 Å². The topological polar surface area (TPSA) is 41.5 Å². The zero-order valence-electron chi connectivity index (χ0n) is 9.66. The zero-order valence-corrected chi connectivity index (χ0v) is 11.3. The van der Waals surface area contributed by atoms with Crippen LogP contribution in [0.4, 0.5) is 0 Å². The van der Waals surface area contributed by atoms with Crippen molar-refractivity contribution in [1.29, 1.82) is 0 Å². The van der Waals surface area contributed by atoms with Gasteiger partial charge in [0.15, 0.2) is 0 Å². The third-order valence-electron chi connectivity index (χ3n) is 2.34. The Bertz CT molecular complexity index is 331. The van der Waals surface area contributed by atoms with Gasteiger partial charge in [-0.2, -0.15) is 0 Å². The Hall–Kier alpha value is -0.420. The maximum Gasteiger partial charge on any atom is 0.0925 e. The van der Waals surface area contributed by atoms with Crippen LogP contribution in [0.2, 0.25) is 0 Å². The molecule has 1 aromatic carbocycles. The first-order chi connectivity index (χ1) is 7.65. The minimum Gasteiger partial charge on any atom is -0.387 e. The largest absolute Gasteiger partial charge is 0.387 e. The van der Waals surface area contributed by atoms with Crippen molar-refractivity contribution in [3.8, 4) is 0 Å². The number of hydrogen-bond acceptors (Lipinski definition) is 3. The molecule has 0 saturated heterocycles. The summed E-state index contributed by atoms with van der Waals surface area (Å²) in [5, 5.41) is 13.1. The van der Waals surface area contributed by atoms with Gasteiger partial charge >= 0.3 is 0 Å². The summed E-state index contributed by atoms with van der Waals surface area (Å²) in [6.45, 7) is 3.96. The molecule has 1 aromatic rings. The quantitative estimate of drug-likeness (QED) is 0.787. The van der Waals surface area contributed by atoms with Gasteiger partial charge in [-0.15, -0.1) is 0 Å². The number of benzene rings is 1. The van der Waals surface area contributed by atoms with Crippen molar-refractivity contribution in [1.82, 2.24) is 5.32 Å². The predicted octanol–water partition coefficient (Wildman–Crippen LogP) is 2.03. The first-order valence-corrected chi connectivity index (χ1v) is 6.08. The van der Waals surface area contributed by atoms with Crippen molar-refractivity contribution >= 4 is 15.9 Å². The van der Waals surface area contributed by atoms with Crippen molar-refractivity contribution in [2.75, 3.05) is 26.8 Å². The van der Waals surface area contributed by atoms with Crippen molar-refractivity contribution in [2.24, 2.45) is 0 Å². The van der Waals surface area contributed by atoms with Gasteiger partial charge in [0.05, 0.1) is 12.7 Å². The Labute approximate surface area is 105 Å². The van der Waals surface area contributed by atoms with Crippen LogP contribution in [-0.4, -0.2) is 31.9 Å². The van der Waals surface area contributed by atoms with Crippen LogP contribution < -0.4 is 5.32 Å². The van der Waals surface area contributed by atoms with Gasteiger partial charge in [0.25, 0.3) is 0 Å². The highest BCUT2D eigenvalue weighted by molar-refractivity contribution is 9.10. The van der Waals surface area contributed by atoms with Crippen LogP contribution in [-0.2, 0) is 4.74 Å². The van der Waals surface area contributed by atoms with Gasteiger partial charge in [0, 0.05) is 24.7 Å². The number of aryl methyl sites for hydroxylation is 1. The Kier molecular flexibility index (Phi) is 5.98. The van der Waals surface area contributed by atoms with Crippen LogP contribution >= 0.6 is 15.9 Å². The molecule has 1 atom stereocenters. The van der Waals surface area contributed by atoms with E-state index in [9.17, 15) is 5.11 Å². The molecular weight excluding hydrogens is 270 g/mol. The number of halogens is 1. The fraction of sp³-hybridized carbons (Fsp3) is 0.500. The van der Waals surface area contributed by atoms with Gasteiger partial charge < -0.3 is 15.2 Å². The van der Waals surface area contributed by atoms with E-state index in [1.54, 1.807) is 7.11 Å². The summed E-state index contributed by atoms with van der Waals surface area (Å²) in [6.07, 6.45) is -0.494. The second-order valence-corrected chi connectivity index (χ2v) is 4.59. The molecule has 1 rings (SSSR count). The van der Waals surface area contributed by atoms with Crippen LogP contribution in [0, 0.1) is 6.92 Å². The normalized spacial score (nSPS) is 12.8. The maximum absolute atomic E-state index is 9.96. The monoisotopic (exact) mass is 287 g/mol. The molecule has 0 aliphatic carbocycles. The average Bonchev–Trinajstić information content (AvgIpc) is 2.24. The highest BCUT2D eigenvalue weighted by Crippen LogP contribution is 2.24. The number of aliphatic hydroxyl groups excluding tert-OH is 1. The third kappa shape index (κ3) is 4.22. The molecule has 0 aliphatic rings. The van der Waals surface area contributed by atoms with E-state index in [4.69, 9.17) is 4.74 Å². The minimum absolute atomic E-state index is 0.494. The van der Waals surface area contributed by atoms with Crippen LogP contribution in [0.1, 0.15) is 17.2 Å². The van der Waals surface area contributed by atoms with Crippen molar-refractivity contribution < 1.29 is 9.84 Å². The Morgan fingerprint density at radius 2 is 2.25 bits per heavy atom. The van der Waals surface area contributed by atoms with Gasteiger partial charge in [0.1, 0.15) is 0 Å². The number of nitrogens with one attached hydrogen (secondary N) is 1. The molecule has 0 aromatic heterocycles. The number of hydrogen-bond donors (Lipinski definition) is 2. The smallest absolute Gasteiger partial charge is 0.0925 e. The summed E-state index contributed by atoms with van der Waals surface area (Å²) in [7, 11) is 1.66. The SMILES string of the molecule is COCCNCC(O)c1ccc(C)cc1Br. The summed E-state index contributed by atoms with van der Waals surface area (Å²) in [4.78, 5) is 0. The van der Waals surface area contributed by atoms with Gasteiger partial charge in [-0.25, -0.2) is 0 Å². The minimum atomic E-state index is -0.494. The van der Waals surface area contributed by atoms with Crippen molar-refractivity contribution in [2.45, 2.75) is 13.0 Å². The van der Waals surface area contributed by atoms with E-state index in [1.807, 2.05) is 25.1 Å². The van der Waals surface area contributed by atoms with E-state index >= 15 is 0 Å². The molecule has 90 valence electrons. The number of aliphatic hydroxyl groups is 1. The molecule has 16 heavy (non-hydrogen) atoms. The van der Waals surface area contributed by atoms with E-state index in [2.05, 4.69) is 21.2 Å². The number of methoxy groups -OCH3 is 1. The number of ether oxygens (including phenoxy) is 1. The first kappa shape index (κ1) is 13.6. The standard InChI is InChI=1S/C12H18BrNO2/c1-9-3-4-10(11(13)7-9)12(15)8-14-5-6-16-2/h3-4,7,12,14-15H,5-6,8H2,1-2H3. The fourth-order valence-electron chi connectivity index (χ4n) is 1.43. The molecule has 0 bridgehead atoms. The fourth-order valence-corrected chi connectivity index (χ4v) is 2.18. The molecular formula is C12H18BrNO2. The zero-order chi connectivity index (χ0) is 12.0. The van der Waals surface area contributed by atoms with Crippen LogP contribution in [0.5, 0.6) is 0 Å². The van der Waals surface area contributed by atoms with E-state index < -0.39 is 6.10 Å².